The molecule has 3 N–H and O–H groups in total. The number of nitrogens with zero attached hydrogens (tertiary/aromatic N) is 4. The third-order valence-corrected chi connectivity index (χ3v) is 6.08. The first-order chi connectivity index (χ1) is 12.2. The second-order valence-corrected chi connectivity index (χ2v) is 8.08. The molecule has 0 bridgehead atoms. The van der Waals surface area contributed by atoms with Crippen molar-refractivity contribution in [3.05, 3.63) is 42.4 Å². The van der Waals surface area contributed by atoms with E-state index in [-0.39, 0.29) is 11.7 Å². The second-order valence-electron chi connectivity index (χ2n) is 6.08. The van der Waals surface area contributed by atoms with E-state index in [1.165, 1.54) is 7.05 Å². The summed E-state index contributed by atoms with van der Waals surface area (Å²) in [6.07, 6.45) is 3.22. The molecular formula is C16H20N6O3S. The van der Waals surface area contributed by atoms with Crippen LogP contribution >= 0.6 is 0 Å². The van der Waals surface area contributed by atoms with Gasteiger partial charge in [0.25, 0.3) is 0 Å². The molecule has 1 aliphatic heterocycles. The van der Waals surface area contributed by atoms with Gasteiger partial charge in [0, 0.05) is 25.1 Å². The molecule has 0 amide bonds. The normalized spacial score (nSPS) is 21.8. The number of hydrogen-bond donors (Lipinski definition) is 2. The topological polar surface area (TPSA) is 123 Å². The van der Waals surface area contributed by atoms with Crippen molar-refractivity contribution in [3.63, 3.8) is 0 Å². The minimum Gasteiger partial charge on any atom is -0.493 e. The van der Waals surface area contributed by atoms with Crippen molar-refractivity contribution in [2.45, 2.75) is 12.5 Å². The maximum absolute atomic E-state index is 12.3. The Morgan fingerprint density at radius 3 is 2.77 bits per heavy atom. The van der Waals surface area contributed by atoms with Crippen LogP contribution in [0.4, 0.5) is 11.5 Å². The molecule has 0 aliphatic carbocycles. The van der Waals surface area contributed by atoms with E-state index >= 15 is 0 Å². The van der Waals surface area contributed by atoms with E-state index in [9.17, 15) is 8.42 Å². The van der Waals surface area contributed by atoms with E-state index in [2.05, 4.69) is 20.3 Å². The molecule has 0 saturated carbocycles. The molecule has 10 heteroatoms. The van der Waals surface area contributed by atoms with Gasteiger partial charge in [-0.15, -0.1) is 0 Å². The van der Waals surface area contributed by atoms with Crippen LogP contribution in [0.25, 0.3) is 0 Å². The summed E-state index contributed by atoms with van der Waals surface area (Å²) in [5.41, 5.74) is 5.87. The first-order valence-corrected chi connectivity index (χ1v) is 9.40. The molecule has 1 aliphatic rings. The summed E-state index contributed by atoms with van der Waals surface area (Å²) in [6, 6.07) is 7.03. The summed E-state index contributed by atoms with van der Waals surface area (Å²) < 4.78 is 30.9. The van der Waals surface area contributed by atoms with E-state index in [1.54, 1.807) is 50.7 Å². The van der Waals surface area contributed by atoms with E-state index in [1.807, 2.05) is 0 Å². The van der Waals surface area contributed by atoms with Crippen molar-refractivity contribution < 1.29 is 13.2 Å². The van der Waals surface area contributed by atoms with Crippen LogP contribution in [0, 0.1) is 0 Å². The lowest BCUT2D eigenvalue weighted by molar-refractivity contribution is 0.415. The maximum atomic E-state index is 12.3. The van der Waals surface area contributed by atoms with Gasteiger partial charge in [-0.1, -0.05) is 0 Å². The van der Waals surface area contributed by atoms with Gasteiger partial charge in [-0.25, -0.2) is 22.7 Å². The summed E-state index contributed by atoms with van der Waals surface area (Å²) in [5, 5.41) is 3.15. The number of anilines is 2. The molecule has 0 aromatic carbocycles. The number of guanidine groups is 1. The predicted molar refractivity (Wildman–Crippen MR) is 98.8 cm³/mol. The summed E-state index contributed by atoms with van der Waals surface area (Å²) in [4.78, 5) is 12.9. The number of nitrogens with one attached hydrogen (secondary N) is 1. The van der Waals surface area contributed by atoms with Crippen molar-refractivity contribution in [1.82, 2.24) is 14.3 Å². The molecule has 26 heavy (non-hydrogen) atoms. The number of rotatable bonds is 4. The molecule has 2 aromatic heterocycles. The third-order valence-electron chi connectivity index (χ3n) is 4.13. The van der Waals surface area contributed by atoms with Crippen LogP contribution in [0.3, 0.4) is 0 Å². The zero-order chi connectivity index (χ0) is 18.9. The molecule has 9 nitrogen and oxygen atoms in total. The summed E-state index contributed by atoms with van der Waals surface area (Å²) in [7, 11) is -0.625. The number of hydrogen-bond acceptors (Lipinski definition) is 8. The van der Waals surface area contributed by atoms with Gasteiger partial charge in [-0.05, 0) is 31.2 Å². The molecule has 0 fully saturated rings. The lowest BCUT2D eigenvalue weighted by atomic mass is 10.00. The van der Waals surface area contributed by atoms with Crippen molar-refractivity contribution in [2.24, 2.45) is 10.7 Å². The SMILES string of the molecule is COc1cccnc1Nc1ccnc([C@]2(C)CS(=O)(=O)N(C)C(N)=N2)c1. The average Bonchev–Trinajstić information content (AvgIpc) is 2.60. The molecule has 3 rings (SSSR count). The van der Waals surface area contributed by atoms with E-state index < -0.39 is 15.6 Å². The largest absolute Gasteiger partial charge is 0.493 e. The van der Waals surface area contributed by atoms with Crippen LogP contribution in [-0.4, -0.2) is 48.6 Å². The fourth-order valence-corrected chi connectivity index (χ4v) is 4.11. The van der Waals surface area contributed by atoms with Gasteiger partial charge in [-0.2, -0.15) is 0 Å². The number of methoxy groups -OCH3 is 1. The van der Waals surface area contributed by atoms with Crippen molar-refractivity contribution >= 4 is 27.5 Å². The number of nitrogens with two attached hydrogens (primary N) is 1. The number of aromatic nitrogens is 2. The van der Waals surface area contributed by atoms with Crippen LogP contribution in [-0.2, 0) is 15.6 Å². The molecule has 2 aromatic rings. The molecule has 138 valence electrons. The summed E-state index contributed by atoms with van der Waals surface area (Å²) >= 11 is 0. The highest BCUT2D eigenvalue weighted by Crippen LogP contribution is 2.32. The number of pyridine rings is 2. The Balaban J connectivity index is 1.97. The van der Waals surface area contributed by atoms with Gasteiger partial charge in [-0.3, -0.25) is 4.98 Å². The highest BCUT2D eigenvalue weighted by Gasteiger charge is 2.41. The zero-order valence-electron chi connectivity index (χ0n) is 14.7. The van der Waals surface area contributed by atoms with Gasteiger partial charge in [0.05, 0.1) is 12.8 Å². The van der Waals surface area contributed by atoms with Gasteiger partial charge >= 0.3 is 0 Å². The first-order valence-electron chi connectivity index (χ1n) is 7.80. The number of ether oxygens (including phenoxy) is 1. The Kier molecular flexibility index (Phi) is 4.45. The van der Waals surface area contributed by atoms with Gasteiger partial charge in [0.15, 0.2) is 11.6 Å². The lowest BCUT2D eigenvalue weighted by Crippen LogP contribution is -2.50. The number of sulfonamides is 1. The molecule has 0 saturated heterocycles. The fraction of sp³-hybridized carbons (Fsp3) is 0.312. The Bertz CT molecular complexity index is 962. The fourth-order valence-electron chi connectivity index (χ4n) is 2.67. The maximum Gasteiger partial charge on any atom is 0.239 e. The van der Waals surface area contributed by atoms with Gasteiger partial charge in [0.2, 0.25) is 16.0 Å². The second kappa shape index (κ2) is 6.45. The molecular weight excluding hydrogens is 356 g/mol. The lowest BCUT2D eigenvalue weighted by Gasteiger charge is -2.33. The Labute approximate surface area is 152 Å². The minimum atomic E-state index is -3.56. The first kappa shape index (κ1) is 17.9. The van der Waals surface area contributed by atoms with Crippen molar-refractivity contribution in [3.8, 4) is 5.75 Å². The Morgan fingerprint density at radius 1 is 1.31 bits per heavy atom. The predicted octanol–water partition coefficient (Wildman–Crippen LogP) is 1.03. The standard InChI is InChI=1S/C16H20N6O3S/c1-16(10-26(23,24)22(2)15(17)21-16)13-9-11(6-8-18-13)20-14-12(25-3)5-4-7-19-14/h4-9H,10H2,1-3H3,(H2,17,21)(H,18,19,20)/t16-/m0/s1. The van der Waals surface area contributed by atoms with Crippen LogP contribution < -0.4 is 15.8 Å². The summed E-state index contributed by atoms with van der Waals surface area (Å²) in [6.45, 7) is 1.69. The third kappa shape index (κ3) is 3.27. The minimum absolute atomic E-state index is 0.0645. The number of aliphatic imine (C=N–C) groups is 1. The molecule has 0 spiro atoms. The van der Waals surface area contributed by atoms with Gasteiger partial charge in [0.1, 0.15) is 11.3 Å². The molecule has 1 atom stereocenters. The van der Waals surface area contributed by atoms with Crippen LogP contribution in [0.5, 0.6) is 5.75 Å². The molecule has 3 heterocycles. The highest BCUT2D eigenvalue weighted by molar-refractivity contribution is 7.89. The smallest absolute Gasteiger partial charge is 0.239 e. The summed E-state index contributed by atoms with van der Waals surface area (Å²) in [5.74, 6) is 0.837. The van der Waals surface area contributed by atoms with E-state index in [0.29, 0.717) is 22.9 Å². The quantitative estimate of drug-likeness (QED) is 0.817. The Hall–Kier alpha value is -2.88. The van der Waals surface area contributed by atoms with Crippen molar-refractivity contribution in [2.75, 3.05) is 25.2 Å². The van der Waals surface area contributed by atoms with E-state index in [4.69, 9.17) is 10.5 Å². The Morgan fingerprint density at radius 2 is 2.08 bits per heavy atom. The zero-order valence-corrected chi connectivity index (χ0v) is 15.5. The van der Waals surface area contributed by atoms with E-state index in [0.717, 1.165) is 4.31 Å². The van der Waals surface area contributed by atoms with Crippen molar-refractivity contribution in [1.29, 1.82) is 0 Å². The van der Waals surface area contributed by atoms with Crippen LogP contribution in [0.15, 0.2) is 41.7 Å². The highest BCUT2D eigenvalue weighted by atomic mass is 32.2. The van der Waals surface area contributed by atoms with Crippen LogP contribution in [0.1, 0.15) is 12.6 Å². The monoisotopic (exact) mass is 376 g/mol. The van der Waals surface area contributed by atoms with Gasteiger partial charge < -0.3 is 15.8 Å². The van der Waals surface area contributed by atoms with Crippen LogP contribution in [0.2, 0.25) is 0 Å². The molecule has 0 unspecified atom stereocenters. The molecule has 0 radical (unpaired) electrons. The average molecular weight is 376 g/mol.